The quantitative estimate of drug-likeness (QED) is 0.541. The van der Waals surface area contributed by atoms with Gasteiger partial charge in [0.15, 0.2) is 0 Å². The Hall–Kier alpha value is -2.17. The largest absolute Gasteiger partial charge is 0.244 e. The van der Waals surface area contributed by atoms with Gasteiger partial charge >= 0.3 is 0 Å². The van der Waals surface area contributed by atoms with E-state index < -0.39 is 10.0 Å². The number of hydrogen-bond acceptors (Lipinski definition) is 2. The van der Waals surface area contributed by atoms with Gasteiger partial charge < -0.3 is 0 Å². The van der Waals surface area contributed by atoms with Crippen LogP contribution < -0.4 is 0 Å². The molecule has 3 atom stereocenters. The Kier molecular flexibility index (Phi) is 6.40. The molecule has 3 rings (SSSR count). The molecule has 0 amide bonds. The lowest BCUT2D eigenvalue weighted by Gasteiger charge is -2.33. The summed E-state index contributed by atoms with van der Waals surface area (Å²) in [6.07, 6.45) is 0.883. The SMILES string of the molecule is C=C1CN(S(=O)(=O)c2c(C)cc(C)cc2C)[C@@H]([C@@H](C)CC)[C@H]1C(=C)c1ccccc1. The summed E-state index contributed by atoms with van der Waals surface area (Å²) >= 11 is 0. The molecule has 30 heavy (non-hydrogen) atoms. The summed E-state index contributed by atoms with van der Waals surface area (Å²) in [6, 6.07) is 13.7. The molecule has 0 aromatic heterocycles. The van der Waals surface area contributed by atoms with Crippen LogP contribution in [0.15, 0.2) is 66.1 Å². The molecule has 3 nitrogen and oxygen atoms in total. The minimum Gasteiger partial charge on any atom is -0.207 e. The number of nitrogens with zero attached hydrogens (tertiary/aromatic N) is 1. The summed E-state index contributed by atoms with van der Waals surface area (Å²) < 4.78 is 29.5. The van der Waals surface area contributed by atoms with Crippen LogP contribution in [0.4, 0.5) is 0 Å². The van der Waals surface area contributed by atoms with Gasteiger partial charge in [0, 0.05) is 18.5 Å². The second-order valence-electron chi connectivity index (χ2n) is 8.68. The molecule has 0 radical (unpaired) electrons. The molecule has 0 bridgehead atoms. The standard InChI is InChI=1S/C26H33NO2S/c1-8-18(3)25-24(22(7)23-12-10-9-11-13-23)21(6)16-27(25)30(28,29)26-19(4)14-17(2)15-20(26)5/h9-15,18,24-25H,6-8,16H2,1-5H3/t18-,24+,25-/m0/s1. The summed E-state index contributed by atoms with van der Waals surface area (Å²) in [7, 11) is -3.67. The van der Waals surface area contributed by atoms with E-state index in [1.54, 1.807) is 4.31 Å². The highest BCUT2D eigenvalue weighted by molar-refractivity contribution is 7.89. The fourth-order valence-electron chi connectivity index (χ4n) is 4.89. The zero-order chi connectivity index (χ0) is 22.2. The van der Waals surface area contributed by atoms with Gasteiger partial charge in [-0.1, -0.05) is 87.0 Å². The first kappa shape index (κ1) is 22.5. The summed E-state index contributed by atoms with van der Waals surface area (Å²) in [5.74, 6) is 0.0822. The first-order valence-electron chi connectivity index (χ1n) is 10.6. The highest BCUT2D eigenvalue weighted by Gasteiger charge is 2.47. The lowest BCUT2D eigenvalue weighted by atomic mass is 9.80. The van der Waals surface area contributed by atoms with E-state index >= 15 is 0 Å². The Bertz CT molecular complexity index is 1050. The van der Waals surface area contributed by atoms with Gasteiger partial charge in [-0.3, -0.25) is 0 Å². The van der Waals surface area contributed by atoms with Gasteiger partial charge in [0.05, 0.1) is 4.90 Å². The van der Waals surface area contributed by atoms with Gasteiger partial charge in [-0.2, -0.15) is 4.31 Å². The molecule has 1 aliphatic heterocycles. The van der Waals surface area contributed by atoms with Gasteiger partial charge in [-0.25, -0.2) is 8.42 Å². The molecule has 2 aromatic rings. The van der Waals surface area contributed by atoms with Gasteiger partial charge in [-0.05, 0) is 49.0 Å². The van der Waals surface area contributed by atoms with Crippen molar-refractivity contribution in [2.24, 2.45) is 11.8 Å². The minimum atomic E-state index is -3.67. The summed E-state index contributed by atoms with van der Waals surface area (Å²) in [5, 5.41) is 0. The molecule has 160 valence electrons. The fourth-order valence-corrected chi connectivity index (χ4v) is 7.04. The number of aryl methyl sites for hydroxylation is 3. The van der Waals surface area contributed by atoms with Crippen LogP contribution in [0.1, 0.15) is 42.5 Å². The zero-order valence-electron chi connectivity index (χ0n) is 18.8. The predicted octanol–water partition coefficient (Wildman–Crippen LogP) is 5.92. The highest BCUT2D eigenvalue weighted by Crippen LogP contribution is 2.44. The molecule has 1 aliphatic rings. The van der Waals surface area contributed by atoms with Gasteiger partial charge in [0.25, 0.3) is 0 Å². The van der Waals surface area contributed by atoms with Crippen molar-refractivity contribution in [2.75, 3.05) is 6.54 Å². The van der Waals surface area contributed by atoms with Crippen molar-refractivity contribution < 1.29 is 8.42 Å². The average molecular weight is 424 g/mol. The Labute approximate surface area is 182 Å². The van der Waals surface area contributed by atoms with E-state index in [2.05, 4.69) is 27.0 Å². The Morgan fingerprint density at radius 1 is 1.13 bits per heavy atom. The average Bonchev–Trinajstić information content (AvgIpc) is 3.04. The molecular formula is C26H33NO2S. The van der Waals surface area contributed by atoms with E-state index in [9.17, 15) is 8.42 Å². The van der Waals surface area contributed by atoms with Crippen LogP contribution in [0.2, 0.25) is 0 Å². The second kappa shape index (κ2) is 8.52. The summed E-state index contributed by atoms with van der Waals surface area (Å²) in [6.45, 7) is 19.0. The van der Waals surface area contributed by atoms with Crippen molar-refractivity contribution in [1.29, 1.82) is 0 Å². The van der Waals surface area contributed by atoms with Crippen molar-refractivity contribution in [1.82, 2.24) is 4.31 Å². The Morgan fingerprint density at radius 2 is 1.70 bits per heavy atom. The van der Waals surface area contributed by atoms with Crippen molar-refractivity contribution in [3.63, 3.8) is 0 Å². The molecular weight excluding hydrogens is 390 g/mol. The van der Waals surface area contributed by atoms with E-state index in [0.717, 1.165) is 39.8 Å². The van der Waals surface area contributed by atoms with Gasteiger partial charge in [0.2, 0.25) is 10.0 Å². The molecule has 1 fully saturated rings. The van der Waals surface area contributed by atoms with Crippen molar-refractivity contribution >= 4 is 15.6 Å². The Balaban J connectivity index is 2.11. The molecule has 0 aliphatic carbocycles. The van der Waals surface area contributed by atoms with Crippen molar-refractivity contribution in [3.05, 3.63) is 83.4 Å². The molecule has 1 saturated heterocycles. The lowest BCUT2D eigenvalue weighted by molar-refractivity contribution is 0.272. The maximum absolute atomic E-state index is 13.9. The predicted molar refractivity (Wildman–Crippen MR) is 126 cm³/mol. The molecule has 0 saturated carbocycles. The topological polar surface area (TPSA) is 37.4 Å². The van der Waals surface area contributed by atoms with Crippen LogP contribution in [-0.2, 0) is 10.0 Å². The molecule has 1 heterocycles. The van der Waals surface area contributed by atoms with Crippen molar-refractivity contribution in [2.45, 2.75) is 52.0 Å². The third-order valence-corrected chi connectivity index (χ3v) is 8.54. The molecule has 4 heteroatoms. The number of benzene rings is 2. The smallest absolute Gasteiger partial charge is 0.207 e. The third kappa shape index (κ3) is 3.91. The monoisotopic (exact) mass is 423 g/mol. The number of hydrogen-bond donors (Lipinski definition) is 0. The molecule has 0 N–H and O–H groups in total. The third-order valence-electron chi connectivity index (χ3n) is 6.39. The second-order valence-corrected chi connectivity index (χ2v) is 10.5. The molecule has 0 unspecified atom stereocenters. The molecule has 0 spiro atoms. The summed E-state index contributed by atoms with van der Waals surface area (Å²) in [5.41, 5.74) is 5.57. The van der Waals surface area contributed by atoms with Crippen molar-refractivity contribution in [3.8, 4) is 0 Å². The van der Waals surface area contributed by atoms with Crippen LogP contribution in [0.3, 0.4) is 0 Å². The summed E-state index contributed by atoms with van der Waals surface area (Å²) in [4.78, 5) is 0.431. The minimum absolute atomic E-state index is 0.0943. The van der Waals surface area contributed by atoms with E-state index in [0.29, 0.717) is 11.4 Å². The normalized spacial score (nSPS) is 21.0. The van der Waals surface area contributed by atoms with Crippen LogP contribution >= 0.6 is 0 Å². The van der Waals surface area contributed by atoms with Crippen LogP contribution in [-0.4, -0.2) is 25.3 Å². The van der Waals surface area contributed by atoms with Gasteiger partial charge in [0.1, 0.15) is 0 Å². The van der Waals surface area contributed by atoms with E-state index in [4.69, 9.17) is 0 Å². The van der Waals surface area contributed by atoms with Crippen LogP contribution in [0.5, 0.6) is 0 Å². The number of sulfonamides is 1. The Morgan fingerprint density at radius 3 is 2.23 bits per heavy atom. The first-order valence-corrected chi connectivity index (χ1v) is 12.0. The van der Waals surface area contributed by atoms with Crippen LogP contribution in [0.25, 0.3) is 5.57 Å². The lowest BCUT2D eigenvalue weighted by Crippen LogP contribution is -2.42. The number of rotatable bonds is 6. The molecule has 2 aromatic carbocycles. The maximum atomic E-state index is 13.9. The zero-order valence-corrected chi connectivity index (χ0v) is 19.6. The van der Waals surface area contributed by atoms with E-state index in [1.807, 2.05) is 63.2 Å². The van der Waals surface area contributed by atoms with E-state index in [1.165, 1.54) is 0 Å². The maximum Gasteiger partial charge on any atom is 0.244 e. The highest BCUT2D eigenvalue weighted by atomic mass is 32.2. The van der Waals surface area contributed by atoms with Gasteiger partial charge in [-0.15, -0.1) is 0 Å². The van der Waals surface area contributed by atoms with Crippen LogP contribution in [0, 0.1) is 32.6 Å². The van der Waals surface area contributed by atoms with E-state index in [-0.39, 0.29) is 17.9 Å². The first-order chi connectivity index (χ1) is 14.1. The fraction of sp³-hybridized carbons (Fsp3) is 0.385.